The van der Waals surface area contributed by atoms with Crippen molar-refractivity contribution in [3.05, 3.63) is 101 Å². The predicted molar refractivity (Wildman–Crippen MR) is 120 cm³/mol. The number of nitrogens with zero attached hydrogens (tertiary/aromatic N) is 2. The maximum absolute atomic E-state index is 14.1. The Hall–Kier alpha value is -2.69. The zero-order valence-corrected chi connectivity index (χ0v) is 17.3. The average molecular weight is 425 g/mol. The van der Waals surface area contributed by atoms with Gasteiger partial charge in [-0.3, -0.25) is 4.90 Å². The summed E-state index contributed by atoms with van der Waals surface area (Å²) >= 11 is 0. The quantitative estimate of drug-likeness (QED) is 0.394. The van der Waals surface area contributed by atoms with Gasteiger partial charge in [-0.15, -0.1) is 12.4 Å². The molecule has 2 heterocycles. The van der Waals surface area contributed by atoms with Crippen molar-refractivity contribution in [1.29, 1.82) is 0 Å². The van der Waals surface area contributed by atoms with Crippen molar-refractivity contribution < 1.29 is 8.78 Å². The minimum absolute atomic E-state index is 0. The van der Waals surface area contributed by atoms with Gasteiger partial charge in [0.05, 0.1) is 5.52 Å². The van der Waals surface area contributed by atoms with E-state index >= 15 is 0 Å². The molecule has 0 atom stereocenters. The second-order valence-electron chi connectivity index (χ2n) is 7.66. The van der Waals surface area contributed by atoms with Crippen molar-refractivity contribution in [3.8, 4) is 5.69 Å². The van der Waals surface area contributed by atoms with Crippen LogP contribution in [-0.4, -0.2) is 22.6 Å². The Morgan fingerprint density at radius 2 is 1.57 bits per heavy atom. The number of fused-ring (bicyclic) bond motifs is 3. The van der Waals surface area contributed by atoms with E-state index in [1.807, 2.05) is 12.1 Å². The third kappa shape index (κ3) is 3.85. The molecule has 0 amide bonds. The van der Waals surface area contributed by atoms with Gasteiger partial charge < -0.3 is 4.57 Å². The topological polar surface area (TPSA) is 8.17 Å². The number of benzene rings is 3. The molecule has 1 aliphatic rings. The van der Waals surface area contributed by atoms with E-state index in [-0.39, 0.29) is 24.0 Å². The fourth-order valence-corrected chi connectivity index (χ4v) is 4.39. The fraction of sp³-hybridized carbons (Fsp3) is 0.200. The third-order valence-electron chi connectivity index (χ3n) is 5.83. The molecule has 0 aliphatic carbocycles. The standard InChI is InChI=1S/C25H22F2N2.ClH/c26-19-6-9-21(10-7-19)29-24-11-8-20(27)16-22(24)23-17-28(15-13-25(23)29)14-12-18-4-2-1-3-5-18;/h1-11,16H,12-15,17H2;1H. The Labute approximate surface area is 181 Å². The highest BCUT2D eigenvalue weighted by Gasteiger charge is 2.25. The molecule has 0 saturated carbocycles. The molecule has 4 aromatic rings. The monoisotopic (exact) mass is 424 g/mol. The Morgan fingerprint density at radius 1 is 0.833 bits per heavy atom. The summed E-state index contributed by atoms with van der Waals surface area (Å²) < 4.78 is 29.7. The van der Waals surface area contributed by atoms with Crippen LogP contribution in [0.5, 0.6) is 0 Å². The van der Waals surface area contributed by atoms with Crippen molar-refractivity contribution in [3.63, 3.8) is 0 Å². The summed E-state index contributed by atoms with van der Waals surface area (Å²) in [6.45, 7) is 2.73. The summed E-state index contributed by atoms with van der Waals surface area (Å²) in [4.78, 5) is 2.44. The van der Waals surface area contributed by atoms with E-state index in [9.17, 15) is 8.78 Å². The van der Waals surface area contributed by atoms with E-state index in [1.54, 1.807) is 18.2 Å². The van der Waals surface area contributed by atoms with Gasteiger partial charge in [0.15, 0.2) is 0 Å². The van der Waals surface area contributed by atoms with E-state index in [4.69, 9.17) is 0 Å². The summed E-state index contributed by atoms with van der Waals surface area (Å²) in [6.07, 6.45) is 1.89. The number of hydrogen-bond donors (Lipinski definition) is 0. The maximum Gasteiger partial charge on any atom is 0.123 e. The normalized spacial score (nSPS) is 13.8. The molecule has 5 heteroatoms. The zero-order chi connectivity index (χ0) is 19.8. The van der Waals surface area contributed by atoms with Crippen LogP contribution in [0.25, 0.3) is 16.6 Å². The SMILES string of the molecule is Cl.Fc1ccc(-n2c3c(c4cc(F)ccc42)CN(CCc2ccccc2)CC3)cc1. The molecule has 0 fully saturated rings. The number of hydrogen-bond acceptors (Lipinski definition) is 1. The Balaban J connectivity index is 0.00000218. The number of halogens is 3. The lowest BCUT2D eigenvalue weighted by atomic mass is 10.0. The van der Waals surface area contributed by atoms with Gasteiger partial charge in [-0.05, 0) is 60.0 Å². The van der Waals surface area contributed by atoms with E-state index in [0.29, 0.717) is 0 Å². The number of aromatic nitrogens is 1. The van der Waals surface area contributed by atoms with Gasteiger partial charge in [0, 0.05) is 42.8 Å². The molecule has 2 nitrogen and oxygen atoms in total. The van der Waals surface area contributed by atoms with Crippen molar-refractivity contribution >= 4 is 23.3 Å². The largest absolute Gasteiger partial charge is 0.313 e. The summed E-state index contributed by atoms with van der Waals surface area (Å²) in [5.74, 6) is -0.477. The van der Waals surface area contributed by atoms with Crippen LogP contribution in [0, 0.1) is 11.6 Å². The molecule has 1 aliphatic heterocycles. The van der Waals surface area contributed by atoms with Gasteiger partial charge in [-0.2, -0.15) is 0 Å². The van der Waals surface area contributed by atoms with E-state index in [1.165, 1.54) is 35.0 Å². The van der Waals surface area contributed by atoms with Gasteiger partial charge in [0.2, 0.25) is 0 Å². The molecule has 0 unspecified atom stereocenters. The lowest BCUT2D eigenvalue weighted by molar-refractivity contribution is 0.256. The maximum atomic E-state index is 14.1. The fourth-order valence-electron chi connectivity index (χ4n) is 4.39. The number of rotatable bonds is 4. The average Bonchev–Trinajstić information content (AvgIpc) is 3.06. The Kier molecular flexibility index (Phi) is 5.89. The second-order valence-corrected chi connectivity index (χ2v) is 7.66. The summed E-state index contributed by atoms with van der Waals surface area (Å²) in [5, 5.41) is 0.953. The van der Waals surface area contributed by atoms with E-state index < -0.39 is 0 Å². The van der Waals surface area contributed by atoms with Gasteiger partial charge in [0.25, 0.3) is 0 Å². The predicted octanol–water partition coefficient (Wildman–Crippen LogP) is 5.93. The van der Waals surface area contributed by atoms with Crippen molar-refractivity contribution in [2.24, 2.45) is 0 Å². The van der Waals surface area contributed by atoms with Crippen LogP contribution in [0.4, 0.5) is 8.78 Å². The van der Waals surface area contributed by atoms with E-state index in [0.717, 1.165) is 49.1 Å². The first-order valence-electron chi connectivity index (χ1n) is 10.0. The van der Waals surface area contributed by atoms with Crippen LogP contribution < -0.4 is 0 Å². The van der Waals surface area contributed by atoms with Crippen LogP contribution in [0.3, 0.4) is 0 Å². The highest BCUT2D eigenvalue weighted by atomic mass is 35.5. The zero-order valence-electron chi connectivity index (χ0n) is 16.5. The highest BCUT2D eigenvalue weighted by Crippen LogP contribution is 2.34. The highest BCUT2D eigenvalue weighted by molar-refractivity contribution is 5.87. The van der Waals surface area contributed by atoms with Gasteiger partial charge in [0.1, 0.15) is 11.6 Å². The molecule has 0 N–H and O–H groups in total. The van der Waals surface area contributed by atoms with Crippen LogP contribution in [0.1, 0.15) is 16.8 Å². The van der Waals surface area contributed by atoms with Crippen LogP contribution in [0.2, 0.25) is 0 Å². The summed E-state index contributed by atoms with van der Waals surface area (Å²) in [5.41, 5.74) is 5.62. The lowest BCUT2D eigenvalue weighted by Gasteiger charge is -2.28. The molecule has 3 aromatic carbocycles. The second kappa shape index (κ2) is 8.58. The van der Waals surface area contributed by atoms with E-state index in [2.05, 4.69) is 33.7 Å². The minimum atomic E-state index is -0.253. The molecule has 0 saturated heterocycles. The Bertz CT molecular complexity index is 1150. The van der Waals surface area contributed by atoms with Crippen LogP contribution in [-0.2, 0) is 19.4 Å². The molecule has 0 radical (unpaired) electrons. The molecule has 1 aromatic heterocycles. The van der Waals surface area contributed by atoms with Crippen molar-refractivity contribution in [1.82, 2.24) is 9.47 Å². The van der Waals surface area contributed by atoms with Gasteiger partial charge in [-0.1, -0.05) is 30.3 Å². The Morgan fingerprint density at radius 3 is 2.33 bits per heavy atom. The molecule has 154 valence electrons. The van der Waals surface area contributed by atoms with Crippen LogP contribution >= 0.6 is 12.4 Å². The van der Waals surface area contributed by atoms with Gasteiger partial charge >= 0.3 is 0 Å². The van der Waals surface area contributed by atoms with Gasteiger partial charge in [-0.25, -0.2) is 8.78 Å². The smallest absolute Gasteiger partial charge is 0.123 e. The van der Waals surface area contributed by atoms with Crippen molar-refractivity contribution in [2.75, 3.05) is 13.1 Å². The first-order chi connectivity index (χ1) is 14.2. The first kappa shape index (κ1) is 20.6. The summed E-state index contributed by atoms with van der Waals surface area (Å²) in [6, 6.07) is 22.0. The lowest BCUT2D eigenvalue weighted by Crippen LogP contribution is -2.32. The molecular weight excluding hydrogens is 402 g/mol. The minimum Gasteiger partial charge on any atom is -0.313 e. The van der Waals surface area contributed by atoms with Crippen LogP contribution in [0.15, 0.2) is 72.8 Å². The van der Waals surface area contributed by atoms with Crippen molar-refractivity contribution in [2.45, 2.75) is 19.4 Å². The summed E-state index contributed by atoms with van der Waals surface area (Å²) in [7, 11) is 0. The molecule has 30 heavy (non-hydrogen) atoms. The molecule has 0 spiro atoms. The first-order valence-corrected chi connectivity index (χ1v) is 10.0. The third-order valence-corrected chi connectivity index (χ3v) is 5.83. The molecule has 5 rings (SSSR count). The molecule has 0 bridgehead atoms. The molecular formula is C25H23ClF2N2.